The first-order valence-corrected chi connectivity index (χ1v) is 11.4. The highest BCUT2D eigenvalue weighted by atomic mass is 32.1. The molecule has 4 nitrogen and oxygen atoms in total. The van der Waals surface area contributed by atoms with E-state index in [1.807, 2.05) is 0 Å². The zero-order valence-electron chi connectivity index (χ0n) is 17.1. The first kappa shape index (κ1) is 19.6. The van der Waals surface area contributed by atoms with Crippen molar-refractivity contribution in [1.29, 1.82) is 0 Å². The number of aryl methyl sites for hydroxylation is 1. The number of aromatic nitrogens is 1. The summed E-state index contributed by atoms with van der Waals surface area (Å²) in [7, 11) is 2.17. The fraction of sp³-hybridized carbons (Fsp3) is 0.565. The minimum absolute atomic E-state index is 0.0592. The second kappa shape index (κ2) is 8.34. The van der Waals surface area contributed by atoms with Gasteiger partial charge in [-0.15, -0.1) is 11.3 Å². The number of piperidine rings is 2. The van der Waals surface area contributed by atoms with Gasteiger partial charge >= 0.3 is 0 Å². The van der Waals surface area contributed by atoms with Crippen LogP contribution in [0.25, 0.3) is 0 Å². The molecule has 0 radical (unpaired) electrons. The van der Waals surface area contributed by atoms with Crippen molar-refractivity contribution in [2.45, 2.75) is 44.4 Å². The first-order valence-electron chi connectivity index (χ1n) is 10.5. The van der Waals surface area contributed by atoms with Crippen LogP contribution in [-0.2, 0) is 10.2 Å². The summed E-state index contributed by atoms with van der Waals surface area (Å²) < 4.78 is 0. The molecule has 0 spiro atoms. The van der Waals surface area contributed by atoms with Crippen molar-refractivity contribution in [2.75, 3.05) is 33.2 Å². The van der Waals surface area contributed by atoms with E-state index in [0.717, 1.165) is 63.3 Å². The molecule has 3 heterocycles. The SMILES string of the molecule is Cc1nc(C2(c3ccccc3)CCN(C(=O)CC3CCN(C)CC3)CC2)cs1. The van der Waals surface area contributed by atoms with Crippen molar-refractivity contribution >= 4 is 17.2 Å². The number of amides is 1. The third kappa shape index (κ3) is 4.01. The summed E-state index contributed by atoms with van der Waals surface area (Å²) in [6.07, 6.45) is 4.95. The van der Waals surface area contributed by atoms with E-state index in [1.165, 1.54) is 11.3 Å². The van der Waals surface area contributed by atoms with Gasteiger partial charge in [0.2, 0.25) is 5.91 Å². The molecule has 0 unspecified atom stereocenters. The number of nitrogens with zero attached hydrogens (tertiary/aromatic N) is 3. The van der Waals surface area contributed by atoms with E-state index in [9.17, 15) is 4.79 Å². The second-order valence-corrected chi connectivity index (χ2v) is 9.59. The number of rotatable bonds is 4. The molecular formula is C23H31N3OS. The smallest absolute Gasteiger partial charge is 0.222 e. The summed E-state index contributed by atoms with van der Waals surface area (Å²) >= 11 is 1.73. The van der Waals surface area contributed by atoms with E-state index < -0.39 is 0 Å². The number of carbonyl (C=O) groups is 1. The van der Waals surface area contributed by atoms with Crippen molar-refractivity contribution in [3.8, 4) is 0 Å². The zero-order valence-corrected chi connectivity index (χ0v) is 17.9. The van der Waals surface area contributed by atoms with Gasteiger partial charge in [0.05, 0.1) is 10.7 Å². The number of thiazole rings is 1. The van der Waals surface area contributed by atoms with Crippen molar-refractivity contribution in [1.82, 2.24) is 14.8 Å². The predicted octanol–water partition coefficient (Wildman–Crippen LogP) is 4.09. The van der Waals surface area contributed by atoms with Crippen LogP contribution in [-0.4, -0.2) is 53.9 Å². The van der Waals surface area contributed by atoms with E-state index in [4.69, 9.17) is 4.98 Å². The Bertz CT molecular complexity index is 787. The Kier molecular flexibility index (Phi) is 5.83. The number of likely N-dealkylation sites (tertiary alicyclic amines) is 2. The van der Waals surface area contributed by atoms with E-state index in [2.05, 4.69) is 59.5 Å². The maximum atomic E-state index is 12.9. The molecule has 2 aliphatic rings. The Morgan fingerprint density at radius 1 is 1.14 bits per heavy atom. The van der Waals surface area contributed by atoms with Gasteiger partial charge < -0.3 is 9.80 Å². The highest BCUT2D eigenvalue weighted by Crippen LogP contribution is 2.42. The molecule has 1 aromatic heterocycles. The molecule has 1 amide bonds. The van der Waals surface area contributed by atoms with Gasteiger partial charge in [-0.25, -0.2) is 4.98 Å². The molecule has 28 heavy (non-hydrogen) atoms. The van der Waals surface area contributed by atoms with Crippen molar-refractivity contribution < 1.29 is 4.79 Å². The Labute approximate surface area is 172 Å². The van der Waals surface area contributed by atoms with Crippen LogP contribution >= 0.6 is 11.3 Å². The molecule has 1 aromatic carbocycles. The van der Waals surface area contributed by atoms with Crippen LogP contribution in [0.3, 0.4) is 0 Å². The summed E-state index contributed by atoms with van der Waals surface area (Å²) in [4.78, 5) is 22.3. The number of carbonyl (C=O) groups excluding carboxylic acids is 1. The molecule has 2 saturated heterocycles. The van der Waals surface area contributed by atoms with Crippen molar-refractivity contribution in [3.05, 3.63) is 52.0 Å². The van der Waals surface area contributed by atoms with E-state index in [0.29, 0.717) is 11.8 Å². The third-order valence-electron chi connectivity index (χ3n) is 6.71. The molecule has 0 atom stereocenters. The highest BCUT2D eigenvalue weighted by molar-refractivity contribution is 7.09. The number of benzene rings is 1. The number of hydrogen-bond donors (Lipinski definition) is 0. The minimum Gasteiger partial charge on any atom is -0.343 e. The topological polar surface area (TPSA) is 36.4 Å². The highest BCUT2D eigenvalue weighted by Gasteiger charge is 2.40. The van der Waals surface area contributed by atoms with Gasteiger partial charge in [-0.2, -0.15) is 0 Å². The largest absolute Gasteiger partial charge is 0.343 e. The van der Waals surface area contributed by atoms with Crippen LogP contribution in [0.4, 0.5) is 0 Å². The monoisotopic (exact) mass is 397 g/mol. The fourth-order valence-corrected chi connectivity index (χ4v) is 5.52. The first-order chi connectivity index (χ1) is 13.6. The maximum absolute atomic E-state index is 12.9. The van der Waals surface area contributed by atoms with Crippen LogP contribution < -0.4 is 0 Å². The Morgan fingerprint density at radius 2 is 1.82 bits per heavy atom. The van der Waals surface area contributed by atoms with Crippen LogP contribution in [0.1, 0.15) is 48.4 Å². The van der Waals surface area contributed by atoms with Crippen LogP contribution in [0.5, 0.6) is 0 Å². The molecule has 2 aliphatic heterocycles. The molecular weight excluding hydrogens is 366 g/mol. The number of hydrogen-bond acceptors (Lipinski definition) is 4. The average Bonchev–Trinajstić information content (AvgIpc) is 3.17. The Hall–Kier alpha value is -1.72. The van der Waals surface area contributed by atoms with Crippen LogP contribution in [0, 0.1) is 12.8 Å². The predicted molar refractivity (Wildman–Crippen MR) is 115 cm³/mol. The molecule has 2 fully saturated rings. The summed E-state index contributed by atoms with van der Waals surface area (Å²) in [5, 5.41) is 3.34. The molecule has 4 rings (SSSR count). The molecule has 2 aromatic rings. The minimum atomic E-state index is -0.0592. The summed E-state index contributed by atoms with van der Waals surface area (Å²) in [5.41, 5.74) is 2.46. The lowest BCUT2D eigenvalue weighted by Crippen LogP contribution is -2.46. The van der Waals surface area contributed by atoms with E-state index in [-0.39, 0.29) is 5.41 Å². The lowest BCUT2D eigenvalue weighted by molar-refractivity contribution is -0.134. The fourth-order valence-electron chi connectivity index (χ4n) is 4.81. The average molecular weight is 398 g/mol. The lowest BCUT2D eigenvalue weighted by Gasteiger charge is -2.42. The second-order valence-electron chi connectivity index (χ2n) is 8.53. The van der Waals surface area contributed by atoms with Crippen LogP contribution in [0.15, 0.2) is 35.7 Å². The lowest BCUT2D eigenvalue weighted by atomic mass is 9.70. The maximum Gasteiger partial charge on any atom is 0.222 e. The van der Waals surface area contributed by atoms with Gasteiger partial charge in [0.1, 0.15) is 0 Å². The standard InChI is InChI=1S/C23H31N3OS/c1-18-24-21(17-28-18)23(20-6-4-3-5-7-20)10-14-26(15-11-23)22(27)16-19-8-12-25(2)13-9-19/h3-7,17,19H,8-16H2,1-2H3. The normalized spacial score (nSPS) is 21.0. The van der Waals surface area contributed by atoms with Gasteiger partial charge in [0.15, 0.2) is 0 Å². The molecule has 5 heteroatoms. The Morgan fingerprint density at radius 3 is 2.43 bits per heavy atom. The molecule has 0 aliphatic carbocycles. The molecule has 0 bridgehead atoms. The van der Waals surface area contributed by atoms with Crippen LogP contribution in [0.2, 0.25) is 0 Å². The third-order valence-corrected chi connectivity index (χ3v) is 7.48. The molecule has 0 saturated carbocycles. The summed E-state index contributed by atoms with van der Waals surface area (Å²) in [5.74, 6) is 0.913. The quantitative estimate of drug-likeness (QED) is 0.780. The van der Waals surface area contributed by atoms with Gasteiger partial charge in [-0.1, -0.05) is 30.3 Å². The van der Waals surface area contributed by atoms with Gasteiger partial charge in [-0.05, 0) is 64.2 Å². The van der Waals surface area contributed by atoms with Crippen molar-refractivity contribution in [2.24, 2.45) is 5.92 Å². The summed E-state index contributed by atoms with van der Waals surface area (Å²) in [6, 6.07) is 10.8. The van der Waals surface area contributed by atoms with E-state index in [1.54, 1.807) is 11.3 Å². The van der Waals surface area contributed by atoms with Gasteiger partial charge in [0.25, 0.3) is 0 Å². The molecule has 0 N–H and O–H groups in total. The Balaban J connectivity index is 1.46. The van der Waals surface area contributed by atoms with Crippen molar-refractivity contribution in [3.63, 3.8) is 0 Å². The van der Waals surface area contributed by atoms with Gasteiger partial charge in [-0.3, -0.25) is 4.79 Å². The van der Waals surface area contributed by atoms with E-state index >= 15 is 0 Å². The van der Waals surface area contributed by atoms with Gasteiger partial charge in [0, 0.05) is 30.3 Å². The summed E-state index contributed by atoms with van der Waals surface area (Å²) in [6.45, 7) is 5.98. The molecule has 150 valence electrons. The zero-order chi connectivity index (χ0) is 19.6.